The number of nitrogens with zero attached hydrogens (tertiary/aromatic N) is 1. The molecule has 0 aliphatic rings. The second-order valence-electron chi connectivity index (χ2n) is 5.01. The highest BCUT2D eigenvalue weighted by molar-refractivity contribution is 6.42. The Morgan fingerprint density at radius 3 is 2.35 bits per heavy atom. The van der Waals surface area contributed by atoms with Crippen molar-refractivity contribution in [2.45, 2.75) is 18.9 Å². The molecule has 0 fully saturated rings. The number of carboxylic acids is 1. The molecule has 0 spiro atoms. The third kappa shape index (κ3) is 3.42. The molecule has 118 valence electrons. The minimum absolute atomic E-state index is 0.292. The molecule has 2 N–H and O–H groups in total. The Kier molecular flexibility index (Phi) is 5.15. The second-order valence-corrected chi connectivity index (χ2v) is 5.82. The fourth-order valence-electron chi connectivity index (χ4n) is 2.33. The van der Waals surface area contributed by atoms with E-state index in [-0.39, 0.29) is 0 Å². The summed E-state index contributed by atoms with van der Waals surface area (Å²) >= 11 is 12.0. The third-order valence-corrected chi connectivity index (χ3v) is 4.42. The maximum absolute atomic E-state index is 12.0. The van der Waals surface area contributed by atoms with Crippen molar-refractivity contribution in [2.75, 3.05) is 5.32 Å². The summed E-state index contributed by atoms with van der Waals surface area (Å²) in [5.74, 6) is -1.03. The zero-order chi connectivity index (χ0) is 17.0. The van der Waals surface area contributed by atoms with Crippen molar-refractivity contribution in [3.05, 3.63) is 63.6 Å². The van der Waals surface area contributed by atoms with Crippen molar-refractivity contribution in [3.63, 3.8) is 0 Å². The smallest absolute Gasteiger partial charge is 0.334 e. The molecule has 0 bridgehead atoms. The molecule has 1 atom stereocenters. The van der Waals surface area contributed by atoms with Crippen molar-refractivity contribution >= 4 is 34.9 Å². The molecule has 0 saturated carbocycles. The van der Waals surface area contributed by atoms with Crippen LogP contribution in [0.3, 0.4) is 0 Å². The van der Waals surface area contributed by atoms with Crippen LogP contribution in [0.4, 0.5) is 5.69 Å². The summed E-state index contributed by atoms with van der Waals surface area (Å²) in [5.41, 5.74) is 0.260. The van der Waals surface area contributed by atoms with Crippen LogP contribution in [-0.2, 0) is 10.3 Å². The van der Waals surface area contributed by atoms with E-state index in [1.54, 1.807) is 49.4 Å². The van der Waals surface area contributed by atoms with Gasteiger partial charge in [-0.3, -0.25) is 0 Å². The molecule has 0 heterocycles. The van der Waals surface area contributed by atoms with E-state index in [4.69, 9.17) is 28.5 Å². The first-order valence-corrected chi connectivity index (χ1v) is 7.66. The van der Waals surface area contributed by atoms with E-state index in [1.165, 1.54) is 0 Å². The van der Waals surface area contributed by atoms with Crippen molar-refractivity contribution in [2.24, 2.45) is 0 Å². The Morgan fingerprint density at radius 1 is 1.22 bits per heavy atom. The molecule has 1 unspecified atom stereocenters. The Bertz CT molecular complexity index is 769. The predicted molar refractivity (Wildman–Crippen MR) is 90.8 cm³/mol. The minimum Gasteiger partial charge on any atom is -0.479 e. The number of nitrogens with one attached hydrogen (secondary N) is 1. The van der Waals surface area contributed by atoms with Crippen LogP contribution in [-0.4, -0.2) is 11.1 Å². The van der Waals surface area contributed by atoms with Gasteiger partial charge in [0.1, 0.15) is 0 Å². The van der Waals surface area contributed by atoms with Crippen LogP contribution in [0.5, 0.6) is 0 Å². The first kappa shape index (κ1) is 17.1. The van der Waals surface area contributed by atoms with E-state index in [9.17, 15) is 9.90 Å². The average molecular weight is 349 g/mol. The standard InChI is InChI=1S/C17H14Cl2N2O2/c1-2-17(16(22)23,12-5-8-14(18)15(19)9-12)21-13-6-3-11(10-20)4-7-13/h3-9,21H,2H2,1H3,(H,22,23). The maximum atomic E-state index is 12.0. The van der Waals surface area contributed by atoms with Gasteiger partial charge in [0.05, 0.1) is 21.7 Å². The lowest BCUT2D eigenvalue weighted by atomic mass is 9.86. The number of hydrogen-bond acceptors (Lipinski definition) is 3. The van der Waals surface area contributed by atoms with Crippen LogP contribution in [0, 0.1) is 11.3 Å². The van der Waals surface area contributed by atoms with Crippen LogP contribution in [0.2, 0.25) is 10.0 Å². The average Bonchev–Trinajstić information content (AvgIpc) is 2.55. The van der Waals surface area contributed by atoms with E-state index in [0.717, 1.165) is 0 Å². The molecule has 0 radical (unpaired) electrons. The lowest BCUT2D eigenvalue weighted by Crippen LogP contribution is -2.43. The van der Waals surface area contributed by atoms with Crippen LogP contribution in [0.1, 0.15) is 24.5 Å². The molecule has 23 heavy (non-hydrogen) atoms. The van der Waals surface area contributed by atoms with Gasteiger partial charge in [0.25, 0.3) is 0 Å². The van der Waals surface area contributed by atoms with E-state index in [1.807, 2.05) is 6.07 Å². The van der Waals surface area contributed by atoms with Crippen LogP contribution >= 0.6 is 23.2 Å². The van der Waals surface area contributed by atoms with Crippen molar-refractivity contribution < 1.29 is 9.90 Å². The lowest BCUT2D eigenvalue weighted by Gasteiger charge is -2.31. The summed E-state index contributed by atoms with van der Waals surface area (Å²) in [6, 6.07) is 13.4. The molecule has 0 aliphatic heterocycles. The number of carbonyl (C=O) groups is 1. The summed E-state index contributed by atoms with van der Waals surface area (Å²) in [6.07, 6.45) is 0.292. The molecule has 2 rings (SSSR count). The van der Waals surface area contributed by atoms with Gasteiger partial charge in [-0.2, -0.15) is 5.26 Å². The highest BCUT2D eigenvalue weighted by Crippen LogP contribution is 2.34. The van der Waals surface area contributed by atoms with Crippen molar-refractivity contribution in [1.82, 2.24) is 0 Å². The molecular formula is C17H14Cl2N2O2. The normalized spacial score (nSPS) is 13.0. The molecule has 0 aliphatic carbocycles. The molecule has 4 nitrogen and oxygen atoms in total. The molecular weight excluding hydrogens is 335 g/mol. The fourth-order valence-corrected chi connectivity index (χ4v) is 2.63. The number of benzene rings is 2. The highest BCUT2D eigenvalue weighted by Gasteiger charge is 2.39. The van der Waals surface area contributed by atoms with Crippen LogP contribution < -0.4 is 5.32 Å². The van der Waals surface area contributed by atoms with E-state index < -0.39 is 11.5 Å². The topological polar surface area (TPSA) is 73.1 Å². The molecule has 2 aromatic carbocycles. The SMILES string of the molecule is CCC(Nc1ccc(C#N)cc1)(C(=O)O)c1ccc(Cl)c(Cl)c1. The summed E-state index contributed by atoms with van der Waals surface area (Å²) < 4.78 is 0. The zero-order valence-corrected chi connectivity index (χ0v) is 13.8. The predicted octanol–water partition coefficient (Wildman–Crippen LogP) is 4.67. The number of aliphatic carboxylic acids is 1. The number of carboxylic acid groups (broad SMARTS) is 1. The first-order valence-electron chi connectivity index (χ1n) is 6.90. The number of hydrogen-bond donors (Lipinski definition) is 2. The van der Waals surface area contributed by atoms with Gasteiger partial charge in [-0.25, -0.2) is 4.79 Å². The molecule has 0 saturated heterocycles. The monoisotopic (exact) mass is 348 g/mol. The van der Waals surface area contributed by atoms with Crippen LogP contribution in [0.15, 0.2) is 42.5 Å². The molecule has 0 amide bonds. The number of halogens is 2. The van der Waals surface area contributed by atoms with Gasteiger partial charge in [-0.15, -0.1) is 0 Å². The van der Waals surface area contributed by atoms with Crippen LogP contribution in [0.25, 0.3) is 0 Å². The Hall–Kier alpha value is -2.22. The van der Waals surface area contributed by atoms with Gasteiger partial charge >= 0.3 is 5.97 Å². The first-order chi connectivity index (χ1) is 10.9. The molecule has 0 aromatic heterocycles. The van der Waals surface area contributed by atoms with Gasteiger partial charge in [0, 0.05) is 5.69 Å². The Morgan fingerprint density at radius 2 is 1.87 bits per heavy atom. The van der Waals surface area contributed by atoms with Gasteiger partial charge < -0.3 is 10.4 Å². The minimum atomic E-state index is -1.34. The summed E-state index contributed by atoms with van der Waals surface area (Å²) in [5, 5.41) is 22.4. The number of anilines is 1. The van der Waals surface area contributed by atoms with Crippen molar-refractivity contribution in [1.29, 1.82) is 5.26 Å². The summed E-state index contributed by atoms with van der Waals surface area (Å²) in [4.78, 5) is 12.0. The quantitative estimate of drug-likeness (QED) is 0.823. The van der Waals surface area contributed by atoms with Crippen molar-refractivity contribution in [3.8, 4) is 6.07 Å². The van der Waals surface area contributed by atoms with Gasteiger partial charge in [-0.05, 0) is 48.4 Å². The van der Waals surface area contributed by atoms with E-state index in [0.29, 0.717) is 33.3 Å². The molecule has 2 aromatic rings. The lowest BCUT2D eigenvalue weighted by molar-refractivity contribution is -0.142. The number of rotatable bonds is 5. The van der Waals surface area contributed by atoms with Gasteiger partial charge in [-0.1, -0.05) is 36.2 Å². The maximum Gasteiger partial charge on any atom is 0.334 e. The Balaban J connectivity index is 2.48. The second kappa shape index (κ2) is 6.91. The molecule has 6 heteroatoms. The Labute approximate surface area is 144 Å². The third-order valence-electron chi connectivity index (χ3n) is 3.68. The summed E-state index contributed by atoms with van der Waals surface area (Å²) in [7, 11) is 0. The highest BCUT2D eigenvalue weighted by atomic mass is 35.5. The van der Waals surface area contributed by atoms with Gasteiger partial charge in [0.15, 0.2) is 5.54 Å². The van der Waals surface area contributed by atoms with E-state index >= 15 is 0 Å². The largest absolute Gasteiger partial charge is 0.479 e. The van der Waals surface area contributed by atoms with Gasteiger partial charge in [0.2, 0.25) is 0 Å². The number of nitriles is 1. The van der Waals surface area contributed by atoms with E-state index in [2.05, 4.69) is 5.32 Å². The zero-order valence-electron chi connectivity index (χ0n) is 12.3. The summed E-state index contributed by atoms with van der Waals surface area (Å²) in [6.45, 7) is 1.77. The fraction of sp³-hybridized carbons (Fsp3) is 0.176.